The summed E-state index contributed by atoms with van der Waals surface area (Å²) < 4.78 is 5.30. The minimum absolute atomic E-state index is 0.000253. The van der Waals surface area contributed by atoms with Gasteiger partial charge in [-0.15, -0.1) is 0 Å². The van der Waals surface area contributed by atoms with E-state index < -0.39 is 11.7 Å². The average Bonchev–Trinajstić information content (AvgIpc) is 3.33. The van der Waals surface area contributed by atoms with Crippen LogP contribution in [0.4, 0.5) is 4.79 Å². The third kappa shape index (κ3) is 6.06. The Hall–Kier alpha value is -2.35. The lowest BCUT2D eigenvalue weighted by molar-refractivity contribution is 0.0475. The Labute approximate surface area is 172 Å². The molecule has 0 bridgehead atoms. The molecule has 0 radical (unpaired) electrons. The van der Waals surface area contributed by atoms with Crippen molar-refractivity contribution < 1.29 is 19.1 Å². The molecular formula is C21H32N4O4. The van der Waals surface area contributed by atoms with E-state index in [-0.39, 0.29) is 17.7 Å². The summed E-state index contributed by atoms with van der Waals surface area (Å²) in [5, 5.41) is 2.90. The van der Waals surface area contributed by atoms with Crippen molar-refractivity contribution in [1.29, 1.82) is 0 Å². The third-order valence-electron chi connectivity index (χ3n) is 5.30. The van der Waals surface area contributed by atoms with Gasteiger partial charge in [-0.05, 0) is 52.5 Å². The molecule has 0 aliphatic carbocycles. The lowest BCUT2D eigenvalue weighted by Gasteiger charge is -2.32. The zero-order chi connectivity index (χ0) is 21.0. The molecule has 1 aromatic heterocycles. The van der Waals surface area contributed by atoms with E-state index in [0.717, 1.165) is 51.9 Å². The van der Waals surface area contributed by atoms with Crippen molar-refractivity contribution in [3.63, 3.8) is 0 Å². The molecule has 1 aromatic rings. The largest absolute Gasteiger partial charge is 0.444 e. The van der Waals surface area contributed by atoms with Crippen molar-refractivity contribution in [1.82, 2.24) is 20.1 Å². The highest BCUT2D eigenvalue weighted by molar-refractivity contribution is 6.01. The molecule has 2 amide bonds. The van der Waals surface area contributed by atoms with Crippen LogP contribution in [0.3, 0.4) is 0 Å². The van der Waals surface area contributed by atoms with Crippen molar-refractivity contribution in [2.75, 3.05) is 32.7 Å². The molecule has 0 spiro atoms. The zero-order valence-corrected chi connectivity index (χ0v) is 17.6. The summed E-state index contributed by atoms with van der Waals surface area (Å²) in [5.74, 6) is -0.0316. The first kappa shape index (κ1) is 21.4. The Morgan fingerprint density at radius 1 is 1.14 bits per heavy atom. The molecule has 0 saturated carbocycles. The summed E-state index contributed by atoms with van der Waals surface area (Å²) in [4.78, 5) is 43.8. The maximum absolute atomic E-state index is 12.6. The number of alkyl carbamates (subject to hydrolysis) is 1. The van der Waals surface area contributed by atoms with Gasteiger partial charge in [-0.2, -0.15) is 0 Å². The van der Waals surface area contributed by atoms with E-state index in [4.69, 9.17) is 4.74 Å². The molecule has 8 heteroatoms. The highest BCUT2D eigenvalue weighted by Gasteiger charge is 2.26. The van der Waals surface area contributed by atoms with Crippen LogP contribution in [0.1, 0.15) is 67.3 Å². The van der Waals surface area contributed by atoms with Crippen LogP contribution in [0.5, 0.6) is 0 Å². The van der Waals surface area contributed by atoms with Crippen molar-refractivity contribution in [2.45, 2.75) is 58.1 Å². The van der Waals surface area contributed by atoms with E-state index in [1.807, 2.05) is 25.7 Å². The number of ketones is 1. The number of hydrogen-bond donors (Lipinski definition) is 2. The number of Topliss-reactive ketones (excluding diaryl/α,β-unsaturated/α-hetero) is 1. The summed E-state index contributed by atoms with van der Waals surface area (Å²) in [6.07, 6.45) is 4.86. The fraction of sp³-hybridized carbons (Fsp3) is 0.667. The van der Waals surface area contributed by atoms with Gasteiger partial charge in [0, 0.05) is 44.0 Å². The topological polar surface area (TPSA) is 94.7 Å². The number of rotatable bonds is 5. The minimum atomic E-state index is -0.511. The standard InChI is InChI=1S/C21H32N4O4/c1-21(2,3)29-20(28)23-16-6-10-24(11-7-16)14-18(26)15-12-17(22-13-15)19(27)25-8-4-5-9-25/h12-13,16,22H,4-11,14H2,1-3H3,(H,23,28). The zero-order valence-electron chi connectivity index (χ0n) is 17.6. The Kier molecular flexibility index (Phi) is 6.62. The van der Waals surface area contributed by atoms with Crippen LogP contribution in [-0.2, 0) is 4.74 Å². The second-order valence-corrected chi connectivity index (χ2v) is 8.92. The summed E-state index contributed by atoms with van der Waals surface area (Å²) in [6.45, 7) is 8.87. The molecule has 2 aliphatic rings. The lowest BCUT2D eigenvalue weighted by Crippen LogP contribution is -2.47. The maximum Gasteiger partial charge on any atom is 0.407 e. The molecule has 0 atom stereocenters. The van der Waals surface area contributed by atoms with Crippen LogP contribution < -0.4 is 5.32 Å². The fourth-order valence-electron chi connectivity index (χ4n) is 3.77. The van der Waals surface area contributed by atoms with Crippen LogP contribution >= 0.6 is 0 Å². The SMILES string of the molecule is CC(C)(C)OC(=O)NC1CCN(CC(=O)c2c[nH]c(C(=O)N3CCCC3)c2)CC1. The number of carbonyl (C=O) groups excluding carboxylic acids is 3. The van der Waals surface area contributed by atoms with Crippen molar-refractivity contribution in [2.24, 2.45) is 0 Å². The number of aromatic amines is 1. The van der Waals surface area contributed by atoms with Gasteiger partial charge < -0.3 is 19.9 Å². The fourth-order valence-corrected chi connectivity index (χ4v) is 3.77. The molecular weight excluding hydrogens is 372 g/mol. The highest BCUT2D eigenvalue weighted by Crippen LogP contribution is 2.16. The molecule has 3 heterocycles. The molecule has 2 aliphatic heterocycles. The Balaban J connectivity index is 1.44. The van der Waals surface area contributed by atoms with Crippen LogP contribution in [0.25, 0.3) is 0 Å². The number of amides is 2. The second kappa shape index (κ2) is 8.98. The number of H-pyrrole nitrogens is 1. The molecule has 0 unspecified atom stereocenters. The van der Waals surface area contributed by atoms with Crippen LogP contribution in [0, 0.1) is 0 Å². The summed E-state index contributed by atoms with van der Waals surface area (Å²) in [6, 6.07) is 1.73. The van der Waals surface area contributed by atoms with Crippen LogP contribution in [-0.4, -0.2) is 76.9 Å². The number of nitrogens with one attached hydrogen (secondary N) is 2. The van der Waals surface area contributed by atoms with E-state index in [0.29, 0.717) is 17.8 Å². The number of hydrogen-bond acceptors (Lipinski definition) is 5. The predicted molar refractivity (Wildman–Crippen MR) is 109 cm³/mol. The molecule has 160 valence electrons. The van der Waals surface area contributed by atoms with Gasteiger partial charge in [-0.1, -0.05) is 0 Å². The second-order valence-electron chi connectivity index (χ2n) is 8.92. The molecule has 3 rings (SSSR count). The van der Waals surface area contributed by atoms with Crippen molar-refractivity contribution in [3.05, 3.63) is 23.5 Å². The van der Waals surface area contributed by atoms with Gasteiger partial charge in [-0.25, -0.2) is 4.79 Å². The lowest BCUT2D eigenvalue weighted by atomic mass is 10.0. The van der Waals surface area contributed by atoms with Crippen molar-refractivity contribution in [3.8, 4) is 0 Å². The molecule has 2 saturated heterocycles. The van der Waals surface area contributed by atoms with Gasteiger partial charge in [0.25, 0.3) is 5.91 Å². The number of likely N-dealkylation sites (tertiary alicyclic amines) is 2. The van der Waals surface area contributed by atoms with E-state index >= 15 is 0 Å². The Morgan fingerprint density at radius 2 is 1.79 bits per heavy atom. The van der Waals surface area contributed by atoms with Crippen LogP contribution in [0.15, 0.2) is 12.3 Å². The van der Waals surface area contributed by atoms with E-state index in [9.17, 15) is 14.4 Å². The van der Waals surface area contributed by atoms with Crippen molar-refractivity contribution >= 4 is 17.8 Å². The molecule has 2 fully saturated rings. The first-order chi connectivity index (χ1) is 13.7. The third-order valence-corrected chi connectivity index (χ3v) is 5.30. The molecule has 8 nitrogen and oxygen atoms in total. The smallest absolute Gasteiger partial charge is 0.407 e. The van der Waals surface area contributed by atoms with E-state index in [1.165, 1.54) is 0 Å². The van der Waals surface area contributed by atoms with Crippen LogP contribution in [0.2, 0.25) is 0 Å². The normalized spacial score (nSPS) is 18.7. The monoisotopic (exact) mass is 404 g/mol. The first-order valence-corrected chi connectivity index (χ1v) is 10.4. The molecule has 29 heavy (non-hydrogen) atoms. The highest BCUT2D eigenvalue weighted by atomic mass is 16.6. The Morgan fingerprint density at radius 3 is 2.41 bits per heavy atom. The maximum atomic E-state index is 12.6. The number of carbonyl (C=O) groups is 3. The summed E-state index contributed by atoms with van der Waals surface area (Å²) in [5.41, 5.74) is 0.514. The van der Waals surface area contributed by atoms with E-state index in [2.05, 4.69) is 15.2 Å². The first-order valence-electron chi connectivity index (χ1n) is 10.4. The van der Waals surface area contributed by atoms with Gasteiger partial charge >= 0.3 is 6.09 Å². The number of ether oxygens (including phenoxy) is 1. The molecule has 0 aromatic carbocycles. The minimum Gasteiger partial charge on any atom is -0.444 e. The summed E-state index contributed by atoms with van der Waals surface area (Å²) >= 11 is 0. The molecule has 2 N–H and O–H groups in total. The Bertz CT molecular complexity index is 738. The van der Waals surface area contributed by atoms with Gasteiger partial charge in [0.2, 0.25) is 0 Å². The average molecular weight is 405 g/mol. The van der Waals surface area contributed by atoms with Gasteiger partial charge in [-0.3, -0.25) is 14.5 Å². The van der Waals surface area contributed by atoms with Gasteiger partial charge in [0.05, 0.1) is 6.54 Å². The van der Waals surface area contributed by atoms with Gasteiger partial charge in [0.15, 0.2) is 5.78 Å². The quantitative estimate of drug-likeness (QED) is 0.735. The number of aromatic nitrogens is 1. The number of nitrogens with zero attached hydrogens (tertiary/aromatic N) is 2. The summed E-state index contributed by atoms with van der Waals surface area (Å²) in [7, 11) is 0. The van der Waals surface area contributed by atoms with Gasteiger partial charge in [0.1, 0.15) is 11.3 Å². The number of piperidine rings is 1. The van der Waals surface area contributed by atoms with E-state index in [1.54, 1.807) is 12.3 Å². The predicted octanol–water partition coefficient (Wildman–Crippen LogP) is 2.42.